The molecule has 3 aromatic rings. The van der Waals surface area contributed by atoms with Gasteiger partial charge in [0.05, 0.1) is 22.9 Å². The van der Waals surface area contributed by atoms with Crippen molar-refractivity contribution in [1.82, 2.24) is 9.88 Å². The number of morpholine rings is 1. The second-order valence-corrected chi connectivity index (χ2v) is 9.25. The van der Waals surface area contributed by atoms with Crippen molar-refractivity contribution in [2.45, 2.75) is 19.1 Å². The Morgan fingerprint density at radius 2 is 1.91 bits per heavy atom. The Bertz CT molecular complexity index is 1120. The minimum Gasteiger partial charge on any atom is -0.482 e. The van der Waals surface area contributed by atoms with Crippen LogP contribution >= 0.6 is 22.9 Å². The molecule has 0 saturated carbocycles. The number of ether oxygens (including phenoxy) is 3. The third-order valence-corrected chi connectivity index (χ3v) is 7.03. The highest BCUT2D eigenvalue weighted by Gasteiger charge is 2.38. The maximum Gasteiger partial charge on any atom is 0.273 e. The Labute approximate surface area is 195 Å². The van der Waals surface area contributed by atoms with Gasteiger partial charge in [0.25, 0.3) is 5.91 Å². The SMILES string of the molecule is CC1Oc2ccccc2OC1C(=O)N(CCN1CCOCC1)c1nc2c(Cl)cccc2s1. The molecule has 0 spiro atoms. The van der Waals surface area contributed by atoms with Gasteiger partial charge in [-0.2, -0.15) is 0 Å². The van der Waals surface area contributed by atoms with Crippen LogP contribution in [-0.4, -0.2) is 67.4 Å². The molecule has 2 aliphatic heterocycles. The summed E-state index contributed by atoms with van der Waals surface area (Å²) in [6.45, 7) is 6.17. The number of benzene rings is 2. The summed E-state index contributed by atoms with van der Waals surface area (Å²) in [6.07, 6.45) is -1.20. The molecule has 1 amide bonds. The quantitative estimate of drug-likeness (QED) is 0.561. The highest BCUT2D eigenvalue weighted by molar-refractivity contribution is 7.22. The van der Waals surface area contributed by atoms with Crippen LogP contribution < -0.4 is 14.4 Å². The van der Waals surface area contributed by atoms with Crippen LogP contribution in [0.4, 0.5) is 5.13 Å². The molecular weight excluding hydrogens is 450 g/mol. The number of nitrogens with zero attached hydrogens (tertiary/aromatic N) is 3. The minimum absolute atomic E-state index is 0.171. The van der Waals surface area contributed by atoms with Gasteiger partial charge in [-0.1, -0.05) is 41.1 Å². The summed E-state index contributed by atoms with van der Waals surface area (Å²) in [6, 6.07) is 13.1. The van der Waals surface area contributed by atoms with E-state index in [1.165, 1.54) is 11.3 Å². The number of hydrogen-bond donors (Lipinski definition) is 0. The molecule has 0 aliphatic carbocycles. The van der Waals surface area contributed by atoms with Crippen molar-refractivity contribution in [3.8, 4) is 11.5 Å². The van der Waals surface area contributed by atoms with E-state index in [4.69, 9.17) is 30.8 Å². The molecule has 3 heterocycles. The lowest BCUT2D eigenvalue weighted by molar-refractivity contribution is -0.130. The first-order chi connectivity index (χ1) is 15.6. The molecule has 168 valence electrons. The molecule has 9 heteroatoms. The molecule has 0 bridgehead atoms. The maximum absolute atomic E-state index is 13.8. The fourth-order valence-corrected chi connectivity index (χ4v) is 5.23. The van der Waals surface area contributed by atoms with Gasteiger partial charge >= 0.3 is 0 Å². The van der Waals surface area contributed by atoms with E-state index in [1.54, 1.807) is 4.90 Å². The highest BCUT2D eigenvalue weighted by atomic mass is 35.5. The third-order valence-electron chi connectivity index (χ3n) is 5.68. The summed E-state index contributed by atoms with van der Waals surface area (Å²) in [4.78, 5) is 22.5. The summed E-state index contributed by atoms with van der Waals surface area (Å²) in [5, 5.41) is 1.19. The second-order valence-electron chi connectivity index (χ2n) is 7.84. The Morgan fingerprint density at radius 3 is 2.66 bits per heavy atom. The molecule has 0 radical (unpaired) electrons. The standard InChI is InChI=1S/C23H24ClN3O4S/c1-15-21(31-18-7-3-2-6-17(18)30-15)22(28)27(10-9-26-11-13-29-14-12-26)23-25-20-16(24)5-4-8-19(20)32-23/h2-8,15,21H,9-14H2,1H3. The van der Waals surface area contributed by atoms with Gasteiger partial charge < -0.3 is 14.2 Å². The van der Waals surface area contributed by atoms with Gasteiger partial charge in [-0.25, -0.2) is 4.98 Å². The number of carbonyl (C=O) groups excluding carboxylic acids is 1. The summed E-state index contributed by atoms with van der Waals surface area (Å²) in [5.41, 5.74) is 0.706. The van der Waals surface area contributed by atoms with Crippen molar-refractivity contribution in [2.24, 2.45) is 0 Å². The highest BCUT2D eigenvalue weighted by Crippen LogP contribution is 2.36. The fraction of sp³-hybridized carbons (Fsp3) is 0.391. The van der Waals surface area contributed by atoms with E-state index in [0.29, 0.717) is 46.9 Å². The molecule has 5 rings (SSSR count). The first-order valence-electron chi connectivity index (χ1n) is 10.7. The van der Waals surface area contributed by atoms with E-state index in [0.717, 1.165) is 24.3 Å². The molecule has 32 heavy (non-hydrogen) atoms. The van der Waals surface area contributed by atoms with Crippen LogP contribution in [0.1, 0.15) is 6.92 Å². The second kappa shape index (κ2) is 9.23. The number of aromatic nitrogens is 1. The predicted octanol–water partition coefficient (Wildman–Crippen LogP) is 3.84. The van der Waals surface area contributed by atoms with Crippen LogP contribution in [0.5, 0.6) is 11.5 Å². The van der Waals surface area contributed by atoms with Crippen molar-refractivity contribution in [1.29, 1.82) is 0 Å². The number of amides is 1. The topological polar surface area (TPSA) is 64.1 Å². The summed E-state index contributed by atoms with van der Waals surface area (Å²) in [5.74, 6) is 1.05. The average molecular weight is 474 g/mol. The molecular formula is C23H24ClN3O4S. The zero-order valence-electron chi connectivity index (χ0n) is 17.7. The van der Waals surface area contributed by atoms with E-state index in [2.05, 4.69) is 4.90 Å². The van der Waals surface area contributed by atoms with Crippen LogP contribution in [0.3, 0.4) is 0 Å². The van der Waals surface area contributed by atoms with Crippen molar-refractivity contribution >= 4 is 44.2 Å². The van der Waals surface area contributed by atoms with Crippen molar-refractivity contribution in [3.63, 3.8) is 0 Å². The molecule has 7 nitrogen and oxygen atoms in total. The Morgan fingerprint density at radius 1 is 1.16 bits per heavy atom. The molecule has 1 fully saturated rings. The predicted molar refractivity (Wildman–Crippen MR) is 125 cm³/mol. The summed E-state index contributed by atoms with van der Waals surface area (Å²) >= 11 is 7.81. The first-order valence-corrected chi connectivity index (χ1v) is 11.9. The number of anilines is 1. The van der Waals surface area contributed by atoms with Gasteiger partial charge in [-0.15, -0.1) is 0 Å². The van der Waals surface area contributed by atoms with E-state index in [-0.39, 0.29) is 5.91 Å². The van der Waals surface area contributed by atoms with Gasteiger partial charge in [-0.05, 0) is 31.2 Å². The van der Waals surface area contributed by atoms with Gasteiger partial charge in [0, 0.05) is 26.2 Å². The van der Waals surface area contributed by atoms with Crippen molar-refractivity contribution in [3.05, 3.63) is 47.5 Å². The van der Waals surface area contributed by atoms with E-state index in [1.807, 2.05) is 49.4 Å². The average Bonchev–Trinajstić information content (AvgIpc) is 3.25. The van der Waals surface area contributed by atoms with Gasteiger partial charge in [0.1, 0.15) is 11.6 Å². The largest absolute Gasteiger partial charge is 0.482 e. The summed E-state index contributed by atoms with van der Waals surface area (Å²) < 4.78 is 18.5. The first kappa shape index (κ1) is 21.5. The third kappa shape index (κ3) is 4.28. The maximum atomic E-state index is 13.8. The van der Waals surface area contributed by atoms with Crippen molar-refractivity contribution in [2.75, 3.05) is 44.3 Å². The molecule has 2 unspecified atom stereocenters. The van der Waals surface area contributed by atoms with E-state index in [9.17, 15) is 4.79 Å². The van der Waals surface area contributed by atoms with Gasteiger partial charge in [0.2, 0.25) is 6.10 Å². The van der Waals surface area contributed by atoms with Gasteiger partial charge in [0.15, 0.2) is 16.6 Å². The lowest BCUT2D eigenvalue weighted by atomic mass is 10.1. The lowest BCUT2D eigenvalue weighted by Gasteiger charge is -2.34. The Kier molecular flexibility index (Phi) is 6.19. The van der Waals surface area contributed by atoms with Crippen LogP contribution in [-0.2, 0) is 9.53 Å². The number of para-hydroxylation sites is 3. The monoisotopic (exact) mass is 473 g/mol. The fourth-order valence-electron chi connectivity index (χ4n) is 3.93. The van der Waals surface area contributed by atoms with Crippen LogP contribution in [0.15, 0.2) is 42.5 Å². The number of thiazole rings is 1. The normalized spacial score (nSPS) is 20.9. The number of rotatable bonds is 5. The van der Waals surface area contributed by atoms with Crippen LogP contribution in [0, 0.1) is 0 Å². The Balaban J connectivity index is 1.44. The zero-order valence-corrected chi connectivity index (χ0v) is 19.3. The van der Waals surface area contributed by atoms with Crippen molar-refractivity contribution < 1.29 is 19.0 Å². The molecule has 1 saturated heterocycles. The number of fused-ring (bicyclic) bond motifs is 2. The zero-order chi connectivity index (χ0) is 22.1. The smallest absolute Gasteiger partial charge is 0.273 e. The van der Waals surface area contributed by atoms with E-state index >= 15 is 0 Å². The summed E-state index contributed by atoms with van der Waals surface area (Å²) in [7, 11) is 0. The minimum atomic E-state index is -0.767. The van der Waals surface area contributed by atoms with Gasteiger partial charge in [-0.3, -0.25) is 14.6 Å². The Hall–Kier alpha value is -2.39. The number of carbonyl (C=O) groups is 1. The molecule has 2 atom stereocenters. The molecule has 2 aromatic carbocycles. The van der Waals surface area contributed by atoms with Crippen LogP contribution in [0.2, 0.25) is 5.02 Å². The lowest BCUT2D eigenvalue weighted by Crippen LogP contribution is -2.52. The van der Waals surface area contributed by atoms with Crippen LogP contribution in [0.25, 0.3) is 10.2 Å². The number of hydrogen-bond acceptors (Lipinski definition) is 7. The number of halogens is 1. The van der Waals surface area contributed by atoms with E-state index < -0.39 is 12.2 Å². The molecule has 1 aromatic heterocycles. The molecule has 2 aliphatic rings. The molecule has 0 N–H and O–H groups in total.